The minimum atomic E-state index is -2.26. The third-order valence-corrected chi connectivity index (χ3v) is 4.24. The topological polar surface area (TPSA) is 133 Å². The third-order valence-electron chi connectivity index (χ3n) is 4.24. The monoisotopic (exact) mass is 364 g/mol. The highest BCUT2D eigenvalue weighted by Gasteiger charge is 2.48. The highest BCUT2D eigenvalue weighted by atomic mass is 16.4. The van der Waals surface area contributed by atoms with Crippen molar-refractivity contribution in [2.45, 2.75) is 83.2 Å². The Kier molecular flexibility index (Phi) is 12.2. The van der Waals surface area contributed by atoms with Crippen molar-refractivity contribution in [3.05, 3.63) is 0 Å². The summed E-state index contributed by atoms with van der Waals surface area (Å²) in [6.07, 6.45) is -1.50. The molecule has 0 bridgehead atoms. The molecule has 0 aromatic rings. The van der Waals surface area contributed by atoms with Gasteiger partial charge in [0, 0.05) is 13.1 Å². The standard InChI is InChI=1S/C17H36N2O6/c1-4-7-10-19(11-8-5-2)18-16(24)17(25,9-6-3)15(23)14(22)13(21)12-20/h13-15,20-23,25H,4-12H2,1-3H3,(H,18,24)/t13-,14-,15+,17-/m1/s1. The molecule has 0 unspecified atom stereocenters. The van der Waals surface area contributed by atoms with Gasteiger partial charge in [-0.2, -0.15) is 0 Å². The SMILES string of the molecule is CCCCN(CCCC)NC(=O)[C@@](O)(CCC)[C@@H](O)[C@H](O)[C@H](O)CO. The molecule has 0 aliphatic carbocycles. The summed E-state index contributed by atoms with van der Waals surface area (Å²) in [4.78, 5) is 12.6. The predicted octanol–water partition coefficient (Wildman–Crippen LogP) is -0.474. The van der Waals surface area contributed by atoms with Crippen LogP contribution in [0.15, 0.2) is 0 Å². The van der Waals surface area contributed by atoms with Crippen LogP contribution in [0.2, 0.25) is 0 Å². The normalized spacial score (nSPS) is 17.8. The average molecular weight is 364 g/mol. The van der Waals surface area contributed by atoms with Gasteiger partial charge in [-0.1, -0.05) is 40.0 Å². The average Bonchev–Trinajstić information content (AvgIpc) is 2.61. The van der Waals surface area contributed by atoms with Crippen molar-refractivity contribution >= 4 is 5.91 Å². The zero-order valence-corrected chi connectivity index (χ0v) is 15.7. The number of hydrazine groups is 1. The molecule has 0 heterocycles. The molecule has 0 aromatic heterocycles. The summed E-state index contributed by atoms with van der Waals surface area (Å²) in [5, 5.41) is 51.0. The largest absolute Gasteiger partial charge is 0.394 e. The Hall–Kier alpha value is -0.770. The minimum absolute atomic E-state index is 0.0927. The van der Waals surface area contributed by atoms with Gasteiger partial charge >= 0.3 is 0 Å². The van der Waals surface area contributed by atoms with E-state index in [0.717, 1.165) is 25.7 Å². The summed E-state index contributed by atoms with van der Waals surface area (Å²) in [6.45, 7) is 6.23. The fraction of sp³-hybridized carbons (Fsp3) is 0.941. The van der Waals surface area contributed by atoms with Crippen molar-refractivity contribution in [1.29, 1.82) is 0 Å². The van der Waals surface area contributed by atoms with E-state index in [0.29, 0.717) is 19.5 Å². The van der Waals surface area contributed by atoms with E-state index in [-0.39, 0.29) is 6.42 Å². The number of hydrogen-bond acceptors (Lipinski definition) is 7. The molecule has 1 amide bonds. The van der Waals surface area contributed by atoms with Crippen LogP contribution in [-0.4, -0.2) is 80.1 Å². The van der Waals surface area contributed by atoms with Gasteiger partial charge in [-0.05, 0) is 19.3 Å². The van der Waals surface area contributed by atoms with Crippen LogP contribution >= 0.6 is 0 Å². The van der Waals surface area contributed by atoms with Crippen LogP contribution in [0.4, 0.5) is 0 Å². The van der Waals surface area contributed by atoms with E-state index in [4.69, 9.17) is 5.11 Å². The second-order valence-corrected chi connectivity index (χ2v) is 6.49. The molecule has 6 N–H and O–H groups in total. The highest BCUT2D eigenvalue weighted by Crippen LogP contribution is 2.22. The van der Waals surface area contributed by atoms with Gasteiger partial charge in [0.05, 0.1) is 6.61 Å². The van der Waals surface area contributed by atoms with Crippen LogP contribution in [0.1, 0.15) is 59.3 Å². The molecule has 0 aliphatic rings. The Balaban J connectivity index is 5.20. The number of nitrogens with zero attached hydrogens (tertiary/aromatic N) is 1. The number of aliphatic hydroxyl groups is 5. The molecule has 8 nitrogen and oxygen atoms in total. The van der Waals surface area contributed by atoms with Crippen LogP contribution in [0.5, 0.6) is 0 Å². The van der Waals surface area contributed by atoms with Crippen LogP contribution < -0.4 is 5.43 Å². The molecule has 4 atom stereocenters. The third kappa shape index (κ3) is 7.55. The summed E-state index contributed by atoms with van der Waals surface area (Å²) >= 11 is 0. The van der Waals surface area contributed by atoms with Crippen LogP contribution in [0, 0.1) is 0 Å². The van der Waals surface area contributed by atoms with Crippen molar-refractivity contribution in [2.75, 3.05) is 19.7 Å². The van der Waals surface area contributed by atoms with E-state index in [1.807, 2.05) is 13.8 Å². The Bertz CT molecular complexity index is 363. The number of nitrogens with one attached hydrogen (secondary N) is 1. The first-order valence-electron chi connectivity index (χ1n) is 9.21. The Morgan fingerprint density at radius 2 is 1.56 bits per heavy atom. The number of hydrogen-bond donors (Lipinski definition) is 6. The molecule has 0 saturated heterocycles. The van der Waals surface area contributed by atoms with Crippen LogP contribution in [0.3, 0.4) is 0 Å². The highest BCUT2D eigenvalue weighted by molar-refractivity contribution is 5.85. The molecule has 0 rings (SSSR count). The quantitative estimate of drug-likeness (QED) is 0.229. The first-order chi connectivity index (χ1) is 11.8. The molecule has 0 saturated carbocycles. The number of unbranched alkanes of at least 4 members (excludes halogenated alkanes) is 2. The number of amides is 1. The zero-order valence-electron chi connectivity index (χ0n) is 15.7. The fourth-order valence-corrected chi connectivity index (χ4v) is 2.54. The number of carbonyl (C=O) groups excluding carboxylic acids is 1. The van der Waals surface area contributed by atoms with Gasteiger partial charge in [-0.15, -0.1) is 0 Å². The van der Waals surface area contributed by atoms with Gasteiger partial charge in [0.2, 0.25) is 0 Å². The molecule has 0 aliphatic heterocycles. The van der Waals surface area contributed by atoms with E-state index in [1.165, 1.54) is 0 Å². The molecule has 0 spiro atoms. The van der Waals surface area contributed by atoms with Crippen molar-refractivity contribution in [1.82, 2.24) is 10.4 Å². The van der Waals surface area contributed by atoms with Crippen molar-refractivity contribution in [3.63, 3.8) is 0 Å². The van der Waals surface area contributed by atoms with Crippen molar-refractivity contribution < 1.29 is 30.3 Å². The lowest BCUT2D eigenvalue weighted by atomic mass is 9.85. The number of carbonyl (C=O) groups is 1. The first-order valence-corrected chi connectivity index (χ1v) is 9.21. The van der Waals surface area contributed by atoms with E-state index in [2.05, 4.69) is 5.43 Å². The molecule has 8 heteroatoms. The van der Waals surface area contributed by atoms with Gasteiger partial charge < -0.3 is 25.5 Å². The van der Waals surface area contributed by atoms with Crippen LogP contribution in [-0.2, 0) is 4.79 Å². The summed E-state index contributed by atoms with van der Waals surface area (Å²) in [5.74, 6) is -0.821. The van der Waals surface area contributed by atoms with E-state index >= 15 is 0 Å². The van der Waals surface area contributed by atoms with Gasteiger partial charge in [-0.25, -0.2) is 5.01 Å². The van der Waals surface area contributed by atoms with Crippen LogP contribution in [0.25, 0.3) is 0 Å². The lowest BCUT2D eigenvalue weighted by Gasteiger charge is -2.37. The minimum Gasteiger partial charge on any atom is -0.394 e. The lowest BCUT2D eigenvalue weighted by molar-refractivity contribution is -0.182. The molecule has 0 aromatic carbocycles. The molecular weight excluding hydrogens is 328 g/mol. The molecular formula is C17H36N2O6. The Labute approximate surface area is 150 Å². The predicted molar refractivity (Wildman–Crippen MR) is 94.5 cm³/mol. The first kappa shape index (κ1) is 24.2. The van der Waals surface area contributed by atoms with Crippen molar-refractivity contribution in [3.8, 4) is 0 Å². The maximum absolute atomic E-state index is 12.6. The van der Waals surface area contributed by atoms with E-state index in [1.54, 1.807) is 11.9 Å². The maximum atomic E-state index is 12.6. The summed E-state index contributed by atoms with van der Waals surface area (Å²) in [7, 11) is 0. The molecule has 25 heavy (non-hydrogen) atoms. The van der Waals surface area contributed by atoms with E-state index in [9.17, 15) is 25.2 Å². The molecule has 150 valence electrons. The smallest absolute Gasteiger partial charge is 0.269 e. The Morgan fingerprint density at radius 3 is 1.96 bits per heavy atom. The van der Waals surface area contributed by atoms with Gasteiger partial charge in [0.25, 0.3) is 5.91 Å². The lowest BCUT2D eigenvalue weighted by Crippen LogP contribution is -2.63. The van der Waals surface area contributed by atoms with Gasteiger partial charge in [0.15, 0.2) is 5.60 Å². The Morgan fingerprint density at radius 1 is 1.04 bits per heavy atom. The summed E-state index contributed by atoms with van der Waals surface area (Å²) in [6, 6.07) is 0. The second-order valence-electron chi connectivity index (χ2n) is 6.49. The second kappa shape index (κ2) is 12.6. The number of aliphatic hydroxyl groups excluding tert-OH is 4. The summed E-state index contributed by atoms with van der Waals surface area (Å²) < 4.78 is 0. The number of rotatable bonds is 14. The summed E-state index contributed by atoms with van der Waals surface area (Å²) in [5.41, 5.74) is 0.371. The van der Waals surface area contributed by atoms with Gasteiger partial charge in [0.1, 0.15) is 18.3 Å². The van der Waals surface area contributed by atoms with E-state index < -0.39 is 36.4 Å². The zero-order chi connectivity index (χ0) is 19.5. The fourth-order valence-electron chi connectivity index (χ4n) is 2.54. The van der Waals surface area contributed by atoms with Crippen molar-refractivity contribution in [2.24, 2.45) is 0 Å². The van der Waals surface area contributed by atoms with Gasteiger partial charge in [-0.3, -0.25) is 10.2 Å². The maximum Gasteiger partial charge on any atom is 0.269 e. The molecule has 0 radical (unpaired) electrons. The molecule has 0 fully saturated rings.